The number of furan rings is 1. The number of carbonyl (C=O) groups is 2. The number of hydrogen-bond acceptors (Lipinski definition) is 7. The number of aromatic nitrogens is 2. The number of non-ortho nitro benzene ring substituents is 1. The molecule has 2 aromatic carbocycles. The maximum atomic E-state index is 13.5. The molecule has 0 saturated carbocycles. The lowest BCUT2D eigenvalue weighted by atomic mass is 10.1. The molecule has 0 unspecified atom stereocenters. The van der Waals surface area contributed by atoms with E-state index < -0.39 is 10.7 Å². The SMILES string of the molecule is Cc1nc(C(=O)c2cc3c(o2)-c2ccccc2N(C(=O)c2ccc([N+](=O)[O-])cc2)CC3)n(SF)c1C. The Labute approximate surface area is 209 Å². The number of nitrogens with zero attached hydrogens (tertiary/aromatic N) is 4. The van der Waals surface area contributed by atoms with Gasteiger partial charge in [-0.15, -0.1) is 3.89 Å². The largest absolute Gasteiger partial charge is 0.452 e. The van der Waals surface area contributed by atoms with Crippen LogP contribution < -0.4 is 4.90 Å². The van der Waals surface area contributed by atoms with Gasteiger partial charge in [0.25, 0.3) is 17.4 Å². The molecule has 4 aromatic rings. The standard InChI is InChI=1S/C25H19FN4O5S/c1-14-15(2)29(36-26)24(27-14)22(31)21-13-17-11-12-28(20-6-4-3-5-19(20)23(17)35-21)25(32)16-7-9-18(10-8-16)30(33)34/h3-10,13H,11-12H2,1-2H3. The van der Waals surface area contributed by atoms with Crippen molar-refractivity contribution in [3.05, 3.63) is 98.8 Å². The van der Waals surface area contributed by atoms with Crippen LogP contribution >= 0.6 is 12.3 Å². The van der Waals surface area contributed by atoms with Crippen LogP contribution in [0.15, 0.2) is 59.0 Å². The minimum atomic E-state index is -0.541. The Bertz CT molecular complexity index is 1530. The van der Waals surface area contributed by atoms with Gasteiger partial charge >= 0.3 is 0 Å². The van der Waals surface area contributed by atoms with Crippen molar-refractivity contribution in [3.8, 4) is 11.3 Å². The Balaban J connectivity index is 1.52. The van der Waals surface area contributed by atoms with Gasteiger partial charge in [0, 0.05) is 35.4 Å². The lowest BCUT2D eigenvalue weighted by Crippen LogP contribution is -2.32. The molecule has 1 aliphatic heterocycles. The molecule has 0 aliphatic carbocycles. The second-order valence-electron chi connectivity index (χ2n) is 8.29. The molecule has 0 N–H and O–H groups in total. The van der Waals surface area contributed by atoms with E-state index in [-0.39, 0.29) is 35.5 Å². The summed E-state index contributed by atoms with van der Waals surface area (Å²) in [5.74, 6) is -0.435. The number of hydrogen-bond donors (Lipinski definition) is 0. The lowest BCUT2D eigenvalue weighted by Gasteiger charge is -2.22. The first-order chi connectivity index (χ1) is 17.3. The number of aryl methyl sites for hydroxylation is 1. The quantitative estimate of drug-likeness (QED) is 0.200. The van der Waals surface area contributed by atoms with Crippen LogP contribution in [0.2, 0.25) is 0 Å². The Morgan fingerprint density at radius 2 is 1.86 bits per heavy atom. The highest BCUT2D eigenvalue weighted by molar-refractivity contribution is 7.92. The van der Waals surface area contributed by atoms with Crippen LogP contribution in [0.25, 0.3) is 11.3 Å². The Morgan fingerprint density at radius 1 is 1.14 bits per heavy atom. The van der Waals surface area contributed by atoms with Gasteiger partial charge in [-0.2, -0.15) is 0 Å². The third-order valence-electron chi connectivity index (χ3n) is 6.21. The molecule has 1 aliphatic rings. The third-order valence-corrected chi connectivity index (χ3v) is 6.80. The zero-order chi connectivity index (χ0) is 25.6. The van der Waals surface area contributed by atoms with Crippen molar-refractivity contribution in [2.24, 2.45) is 0 Å². The van der Waals surface area contributed by atoms with Gasteiger partial charge in [0.1, 0.15) is 5.76 Å². The summed E-state index contributed by atoms with van der Waals surface area (Å²) in [6, 6.07) is 14.2. The Morgan fingerprint density at radius 3 is 2.56 bits per heavy atom. The molecule has 36 heavy (non-hydrogen) atoms. The third kappa shape index (κ3) is 3.87. The first-order valence-corrected chi connectivity index (χ1v) is 11.7. The number of para-hydroxylation sites is 1. The van der Waals surface area contributed by atoms with Crippen molar-refractivity contribution >= 4 is 35.4 Å². The van der Waals surface area contributed by atoms with Gasteiger partial charge in [0.15, 0.2) is 23.9 Å². The molecule has 0 spiro atoms. The molecular weight excluding hydrogens is 487 g/mol. The molecule has 1 amide bonds. The van der Waals surface area contributed by atoms with Gasteiger partial charge in [-0.1, -0.05) is 12.1 Å². The van der Waals surface area contributed by atoms with Crippen molar-refractivity contribution in [2.45, 2.75) is 20.3 Å². The van der Waals surface area contributed by atoms with Gasteiger partial charge in [0.05, 0.1) is 22.0 Å². The molecule has 5 rings (SSSR count). The number of anilines is 1. The smallest absolute Gasteiger partial charge is 0.269 e. The van der Waals surface area contributed by atoms with E-state index in [1.807, 2.05) is 0 Å². The number of amides is 1. The van der Waals surface area contributed by atoms with E-state index in [1.54, 1.807) is 49.1 Å². The van der Waals surface area contributed by atoms with Crippen LogP contribution in [0, 0.1) is 24.0 Å². The van der Waals surface area contributed by atoms with E-state index in [0.717, 1.165) is 9.54 Å². The van der Waals surface area contributed by atoms with E-state index in [2.05, 4.69) is 4.98 Å². The van der Waals surface area contributed by atoms with Crippen LogP contribution in [0.4, 0.5) is 15.3 Å². The molecular formula is C25H19FN4O5S. The maximum absolute atomic E-state index is 13.5. The van der Waals surface area contributed by atoms with Crippen LogP contribution in [-0.4, -0.2) is 32.1 Å². The molecule has 2 aromatic heterocycles. The number of fused-ring (bicyclic) bond motifs is 3. The normalized spacial score (nSPS) is 12.6. The van der Waals surface area contributed by atoms with E-state index in [1.165, 1.54) is 24.3 Å². The molecule has 182 valence electrons. The second kappa shape index (κ2) is 9.08. The summed E-state index contributed by atoms with van der Waals surface area (Å²) in [7, 11) is 0. The van der Waals surface area contributed by atoms with Gasteiger partial charge in [-0.25, -0.2) is 8.96 Å². The summed E-state index contributed by atoms with van der Waals surface area (Å²) in [6.45, 7) is 3.67. The number of halogens is 1. The fourth-order valence-electron chi connectivity index (χ4n) is 4.23. The van der Waals surface area contributed by atoms with Crippen molar-refractivity contribution < 1.29 is 22.8 Å². The number of imidazole rings is 1. The zero-order valence-corrected chi connectivity index (χ0v) is 20.0. The highest BCUT2D eigenvalue weighted by atomic mass is 32.2. The summed E-state index contributed by atoms with van der Waals surface area (Å²) in [5.41, 5.74) is 3.22. The molecule has 9 nitrogen and oxygen atoms in total. The van der Waals surface area contributed by atoms with Gasteiger partial charge in [-0.3, -0.25) is 19.7 Å². The highest BCUT2D eigenvalue weighted by Crippen LogP contribution is 2.39. The Kier molecular flexibility index (Phi) is 5.92. The van der Waals surface area contributed by atoms with Crippen molar-refractivity contribution in [1.82, 2.24) is 8.96 Å². The van der Waals surface area contributed by atoms with Crippen LogP contribution in [0.3, 0.4) is 0 Å². The summed E-state index contributed by atoms with van der Waals surface area (Å²) in [6.07, 6.45) is 0.393. The maximum Gasteiger partial charge on any atom is 0.269 e. The van der Waals surface area contributed by atoms with Gasteiger partial charge in [-0.05, 0) is 50.6 Å². The van der Waals surface area contributed by atoms with Crippen molar-refractivity contribution in [3.63, 3.8) is 0 Å². The molecule has 0 atom stereocenters. The lowest BCUT2D eigenvalue weighted by molar-refractivity contribution is -0.384. The predicted molar refractivity (Wildman–Crippen MR) is 132 cm³/mol. The second-order valence-corrected chi connectivity index (χ2v) is 8.79. The average Bonchev–Trinajstić information content (AvgIpc) is 3.39. The number of rotatable bonds is 5. The fourth-order valence-corrected chi connectivity index (χ4v) is 4.65. The van der Waals surface area contributed by atoms with Gasteiger partial charge in [0.2, 0.25) is 0 Å². The summed E-state index contributed by atoms with van der Waals surface area (Å²) < 4.78 is 20.7. The monoisotopic (exact) mass is 506 g/mol. The van der Waals surface area contributed by atoms with Crippen LogP contribution in [0.5, 0.6) is 0 Å². The van der Waals surface area contributed by atoms with E-state index in [0.29, 0.717) is 46.9 Å². The number of carbonyl (C=O) groups excluding carboxylic acids is 2. The molecule has 11 heteroatoms. The number of ketones is 1. The van der Waals surface area contributed by atoms with E-state index >= 15 is 0 Å². The molecule has 0 saturated heterocycles. The number of benzene rings is 2. The summed E-state index contributed by atoms with van der Waals surface area (Å²) in [5, 5.41) is 11.0. The molecule has 0 radical (unpaired) electrons. The summed E-state index contributed by atoms with van der Waals surface area (Å²) in [4.78, 5) is 42.8. The zero-order valence-electron chi connectivity index (χ0n) is 19.2. The molecule has 3 heterocycles. The van der Waals surface area contributed by atoms with E-state index in [4.69, 9.17) is 4.42 Å². The minimum Gasteiger partial charge on any atom is -0.452 e. The first-order valence-electron chi connectivity index (χ1n) is 11.0. The first kappa shape index (κ1) is 23.5. The van der Waals surface area contributed by atoms with Crippen LogP contribution in [-0.2, 0) is 6.42 Å². The highest BCUT2D eigenvalue weighted by Gasteiger charge is 2.30. The minimum absolute atomic E-state index is 0.0326. The number of nitro groups is 1. The predicted octanol–water partition coefficient (Wildman–Crippen LogP) is 5.48. The van der Waals surface area contributed by atoms with Gasteiger partial charge < -0.3 is 9.32 Å². The van der Waals surface area contributed by atoms with Crippen molar-refractivity contribution in [1.29, 1.82) is 0 Å². The molecule has 0 bridgehead atoms. The van der Waals surface area contributed by atoms with Crippen molar-refractivity contribution in [2.75, 3.05) is 11.4 Å². The van der Waals surface area contributed by atoms with Crippen LogP contribution in [0.1, 0.15) is 43.7 Å². The van der Waals surface area contributed by atoms with E-state index in [9.17, 15) is 23.6 Å². The fraction of sp³-hybridized carbons (Fsp3) is 0.160. The summed E-state index contributed by atoms with van der Waals surface area (Å²) >= 11 is -0.0934. The molecule has 0 fully saturated rings. The topological polar surface area (TPSA) is 111 Å². The number of nitro benzene ring substituents is 1. The Hall–Kier alpha value is -4.25. The average molecular weight is 507 g/mol.